The highest BCUT2D eigenvalue weighted by Gasteiger charge is 2.16. The van der Waals surface area contributed by atoms with E-state index in [2.05, 4.69) is 52.3 Å². The summed E-state index contributed by atoms with van der Waals surface area (Å²) in [7, 11) is 0. The van der Waals surface area contributed by atoms with Crippen LogP contribution in [0.25, 0.3) is 16.8 Å². The van der Waals surface area contributed by atoms with Crippen LogP contribution in [0.15, 0.2) is 48.7 Å². The Balaban J connectivity index is 1.71. The molecule has 0 aliphatic heterocycles. The molecule has 0 saturated heterocycles. The van der Waals surface area contributed by atoms with Crippen molar-refractivity contribution in [2.24, 2.45) is 0 Å². The third kappa shape index (κ3) is 2.97. The second-order valence-electron chi connectivity index (χ2n) is 6.66. The topological polar surface area (TPSA) is 65.9 Å². The number of fused-ring (bicyclic) bond motifs is 3. The summed E-state index contributed by atoms with van der Waals surface area (Å²) in [5.74, 6) is 0.746. The molecule has 2 N–H and O–H groups in total. The lowest BCUT2D eigenvalue weighted by atomic mass is 10.1. The first-order valence-electron chi connectivity index (χ1n) is 9.35. The second-order valence-corrected chi connectivity index (χ2v) is 6.66. The van der Waals surface area contributed by atoms with E-state index in [4.69, 9.17) is 4.98 Å². The summed E-state index contributed by atoms with van der Waals surface area (Å²) in [6.07, 6.45) is 3.60. The zero-order valence-corrected chi connectivity index (χ0v) is 15.6. The van der Waals surface area contributed by atoms with E-state index in [-0.39, 0.29) is 11.5 Å². The van der Waals surface area contributed by atoms with E-state index < -0.39 is 0 Å². The van der Waals surface area contributed by atoms with Gasteiger partial charge < -0.3 is 15.2 Å². The SMILES string of the molecule is CCN(CC)n1c2ccccc2n2cc(CCc3ccc(O)c(O)c3)nc12. The molecule has 2 aromatic carbocycles. The van der Waals surface area contributed by atoms with E-state index in [0.717, 1.165) is 54.0 Å². The molecule has 0 atom stereocenters. The van der Waals surface area contributed by atoms with Gasteiger partial charge in [-0.1, -0.05) is 18.2 Å². The molecule has 27 heavy (non-hydrogen) atoms. The van der Waals surface area contributed by atoms with E-state index in [1.807, 2.05) is 12.1 Å². The predicted octanol–water partition coefficient (Wildman–Crippen LogP) is 3.46. The van der Waals surface area contributed by atoms with Crippen LogP contribution in [0.2, 0.25) is 0 Å². The molecular formula is C21H24N4O2. The number of aryl methyl sites for hydroxylation is 2. The number of benzene rings is 2. The first-order valence-corrected chi connectivity index (χ1v) is 9.35. The van der Waals surface area contributed by atoms with Gasteiger partial charge in [0.1, 0.15) is 0 Å². The average molecular weight is 364 g/mol. The minimum Gasteiger partial charge on any atom is -0.504 e. The molecule has 4 aromatic rings. The highest BCUT2D eigenvalue weighted by atomic mass is 16.3. The van der Waals surface area contributed by atoms with E-state index >= 15 is 0 Å². The van der Waals surface area contributed by atoms with Crippen LogP contribution in [-0.2, 0) is 12.8 Å². The molecular weight excluding hydrogens is 340 g/mol. The molecule has 0 amide bonds. The normalized spacial score (nSPS) is 11.5. The Bertz CT molecular complexity index is 1090. The standard InChI is InChI=1S/C21H24N4O2/c1-3-23(4-2)25-18-8-6-5-7-17(18)24-14-16(22-21(24)25)11-9-15-10-12-19(26)20(27)13-15/h5-8,10,12-14,26-27H,3-4,9,11H2,1-2H3. The molecule has 0 bridgehead atoms. The number of aromatic hydroxyl groups is 2. The minimum absolute atomic E-state index is 0.0820. The maximum atomic E-state index is 9.67. The van der Waals surface area contributed by atoms with Crippen molar-refractivity contribution in [3.63, 3.8) is 0 Å². The summed E-state index contributed by atoms with van der Waals surface area (Å²) in [5, 5.41) is 21.4. The van der Waals surface area contributed by atoms with Gasteiger partial charge in [-0.25, -0.2) is 9.66 Å². The summed E-state index contributed by atoms with van der Waals surface area (Å²) in [5.41, 5.74) is 4.27. The third-order valence-electron chi connectivity index (χ3n) is 5.02. The molecule has 0 aliphatic rings. The molecule has 0 aliphatic carbocycles. The molecule has 2 aromatic heterocycles. The van der Waals surface area contributed by atoms with Gasteiger partial charge in [0.05, 0.1) is 16.7 Å². The smallest absolute Gasteiger partial charge is 0.234 e. The highest BCUT2D eigenvalue weighted by molar-refractivity contribution is 5.81. The van der Waals surface area contributed by atoms with Gasteiger partial charge >= 0.3 is 0 Å². The zero-order valence-electron chi connectivity index (χ0n) is 15.6. The average Bonchev–Trinajstić information content (AvgIpc) is 3.22. The lowest BCUT2D eigenvalue weighted by molar-refractivity contribution is 0.403. The molecule has 140 valence electrons. The number of phenols is 2. The van der Waals surface area contributed by atoms with Crippen molar-refractivity contribution >= 4 is 16.8 Å². The number of hydrogen-bond donors (Lipinski definition) is 2. The molecule has 0 spiro atoms. The van der Waals surface area contributed by atoms with Gasteiger partial charge in [0.15, 0.2) is 11.5 Å². The van der Waals surface area contributed by atoms with Gasteiger partial charge in [0, 0.05) is 19.3 Å². The Morgan fingerprint density at radius 2 is 1.67 bits per heavy atom. The van der Waals surface area contributed by atoms with Crippen LogP contribution in [0.4, 0.5) is 0 Å². The number of phenolic OH excluding ortho intramolecular Hbond substituents is 2. The number of para-hydroxylation sites is 2. The Hall–Kier alpha value is -3.15. The van der Waals surface area contributed by atoms with Crippen LogP contribution in [0.1, 0.15) is 25.1 Å². The summed E-state index contributed by atoms with van der Waals surface area (Å²) in [6, 6.07) is 13.3. The fraction of sp³-hybridized carbons (Fsp3) is 0.286. The van der Waals surface area contributed by atoms with Crippen LogP contribution in [-0.4, -0.2) is 37.4 Å². The molecule has 0 radical (unpaired) electrons. The van der Waals surface area contributed by atoms with Crippen LogP contribution in [0.5, 0.6) is 11.5 Å². The number of aromatic nitrogens is 3. The van der Waals surface area contributed by atoms with Gasteiger partial charge in [0.25, 0.3) is 0 Å². The molecule has 6 nitrogen and oxygen atoms in total. The van der Waals surface area contributed by atoms with Crippen molar-refractivity contribution in [2.45, 2.75) is 26.7 Å². The number of imidazole rings is 2. The summed E-state index contributed by atoms with van der Waals surface area (Å²) < 4.78 is 4.35. The van der Waals surface area contributed by atoms with E-state index in [9.17, 15) is 10.2 Å². The van der Waals surface area contributed by atoms with Gasteiger partial charge in [-0.2, -0.15) is 0 Å². The van der Waals surface area contributed by atoms with Crippen LogP contribution >= 0.6 is 0 Å². The van der Waals surface area contributed by atoms with Crippen molar-refractivity contribution in [1.29, 1.82) is 0 Å². The molecule has 0 saturated carbocycles. The van der Waals surface area contributed by atoms with Crippen molar-refractivity contribution in [1.82, 2.24) is 14.1 Å². The predicted molar refractivity (Wildman–Crippen MR) is 107 cm³/mol. The zero-order chi connectivity index (χ0) is 19.0. The molecule has 6 heteroatoms. The number of rotatable bonds is 6. The summed E-state index contributed by atoms with van der Waals surface area (Å²) in [4.78, 5) is 4.89. The van der Waals surface area contributed by atoms with Crippen LogP contribution in [0, 0.1) is 0 Å². The monoisotopic (exact) mass is 364 g/mol. The quantitative estimate of drug-likeness (QED) is 0.514. The van der Waals surface area contributed by atoms with Gasteiger partial charge in [-0.05, 0) is 56.5 Å². The van der Waals surface area contributed by atoms with E-state index in [1.165, 1.54) is 6.07 Å². The maximum Gasteiger partial charge on any atom is 0.234 e. The van der Waals surface area contributed by atoms with Crippen molar-refractivity contribution in [3.05, 3.63) is 59.9 Å². The summed E-state index contributed by atoms with van der Waals surface area (Å²) >= 11 is 0. The Morgan fingerprint density at radius 3 is 2.37 bits per heavy atom. The fourth-order valence-electron chi connectivity index (χ4n) is 3.60. The molecule has 0 unspecified atom stereocenters. The molecule has 2 heterocycles. The van der Waals surface area contributed by atoms with Gasteiger partial charge in [-0.3, -0.25) is 4.40 Å². The van der Waals surface area contributed by atoms with E-state index in [0.29, 0.717) is 0 Å². The molecule has 0 fully saturated rings. The Kier molecular flexibility index (Phi) is 4.39. The largest absolute Gasteiger partial charge is 0.504 e. The highest BCUT2D eigenvalue weighted by Crippen LogP contribution is 2.26. The lowest BCUT2D eigenvalue weighted by Crippen LogP contribution is -2.34. The minimum atomic E-state index is -0.0915. The first-order chi connectivity index (χ1) is 13.1. The third-order valence-corrected chi connectivity index (χ3v) is 5.02. The van der Waals surface area contributed by atoms with Crippen LogP contribution in [0.3, 0.4) is 0 Å². The Morgan fingerprint density at radius 1 is 0.926 bits per heavy atom. The van der Waals surface area contributed by atoms with Gasteiger partial charge in [-0.15, -0.1) is 0 Å². The fourth-order valence-corrected chi connectivity index (χ4v) is 3.60. The maximum absolute atomic E-state index is 9.67. The second kappa shape index (κ2) is 6.87. The lowest BCUT2D eigenvalue weighted by Gasteiger charge is -2.23. The molecule has 4 rings (SSSR count). The van der Waals surface area contributed by atoms with Crippen molar-refractivity contribution in [2.75, 3.05) is 18.1 Å². The van der Waals surface area contributed by atoms with Crippen LogP contribution < -0.4 is 5.01 Å². The van der Waals surface area contributed by atoms with Crippen molar-refractivity contribution < 1.29 is 10.2 Å². The number of hydrogen-bond acceptors (Lipinski definition) is 4. The van der Waals surface area contributed by atoms with E-state index in [1.54, 1.807) is 6.07 Å². The van der Waals surface area contributed by atoms with Crippen molar-refractivity contribution in [3.8, 4) is 11.5 Å². The number of nitrogens with zero attached hydrogens (tertiary/aromatic N) is 4. The first kappa shape index (κ1) is 17.3. The van der Waals surface area contributed by atoms with Gasteiger partial charge in [0.2, 0.25) is 5.78 Å². The summed E-state index contributed by atoms with van der Waals surface area (Å²) in [6.45, 7) is 6.10. The Labute approximate surface area is 157 Å².